The van der Waals surface area contributed by atoms with Crippen LogP contribution in [0.1, 0.15) is 30.6 Å². The first kappa shape index (κ1) is 17.6. The Morgan fingerprint density at radius 1 is 1.19 bits per heavy atom. The summed E-state index contributed by atoms with van der Waals surface area (Å²) in [4.78, 5) is 32.4. The highest BCUT2D eigenvalue weighted by Crippen LogP contribution is 2.16. The van der Waals surface area contributed by atoms with Gasteiger partial charge in [-0.2, -0.15) is 0 Å². The molecule has 3 rings (SSSR count). The number of imidazole rings is 1. The Morgan fingerprint density at radius 3 is 2.62 bits per heavy atom. The number of benzene rings is 1. The molecule has 1 aromatic carbocycles. The molecule has 0 aliphatic rings. The summed E-state index contributed by atoms with van der Waals surface area (Å²) in [5.74, 6) is -1.03. The molecule has 7 heteroatoms. The second kappa shape index (κ2) is 7.35. The van der Waals surface area contributed by atoms with Crippen molar-refractivity contribution < 1.29 is 14.7 Å². The Morgan fingerprint density at radius 2 is 1.96 bits per heavy atom. The highest BCUT2D eigenvalue weighted by atomic mass is 16.4. The fraction of sp³-hybridized carbons (Fsp3) is 0.263. The number of fused-ring (bicyclic) bond motifs is 1. The molecule has 1 amide bonds. The smallest absolute Gasteiger partial charge is 0.326 e. The summed E-state index contributed by atoms with van der Waals surface area (Å²) in [5, 5.41) is 11.9. The van der Waals surface area contributed by atoms with E-state index in [9.17, 15) is 14.7 Å². The highest BCUT2D eigenvalue weighted by molar-refractivity contribution is 5.96. The number of rotatable bonds is 6. The van der Waals surface area contributed by atoms with Gasteiger partial charge in [0.2, 0.25) is 0 Å². The lowest BCUT2D eigenvalue weighted by molar-refractivity contribution is -0.140. The van der Waals surface area contributed by atoms with Gasteiger partial charge in [-0.25, -0.2) is 14.8 Å². The molecular weight excluding hydrogens is 332 g/mol. The Hall–Kier alpha value is -3.22. The van der Waals surface area contributed by atoms with Crippen LogP contribution < -0.4 is 5.32 Å². The molecule has 26 heavy (non-hydrogen) atoms. The van der Waals surface area contributed by atoms with E-state index in [4.69, 9.17) is 0 Å². The van der Waals surface area contributed by atoms with Gasteiger partial charge in [0, 0.05) is 6.20 Å². The van der Waals surface area contributed by atoms with Gasteiger partial charge in [-0.15, -0.1) is 0 Å². The van der Waals surface area contributed by atoms with Crippen LogP contribution in [0.25, 0.3) is 16.9 Å². The Balaban J connectivity index is 1.81. The lowest BCUT2D eigenvalue weighted by Gasteiger charge is -2.20. The van der Waals surface area contributed by atoms with Crippen molar-refractivity contribution in [2.45, 2.75) is 26.3 Å². The van der Waals surface area contributed by atoms with Crippen LogP contribution in [0.3, 0.4) is 0 Å². The molecule has 0 saturated heterocycles. The first-order chi connectivity index (χ1) is 12.5. The van der Waals surface area contributed by atoms with Crippen molar-refractivity contribution in [1.29, 1.82) is 0 Å². The lowest BCUT2D eigenvalue weighted by Crippen LogP contribution is -2.45. The van der Waals surface area contributed by atoms with Gasteiger partial charge in [-0.3, -0.25) is 9.36 Å². The van der Waals surface area contributed by atoms with E-state index in [-0.39, 0.29) is 5.92 Å². The third-order valence-electron chi connectivity index (χ3n) is 4.48. The Bertz CT molecular complexity index is 933. The Labute approximate surface area is 150 Å². The largest absolute Gasteiger partial charge is 0.480 e. The molecule has 0 aliphatic carbocycles. The number of carbonyl (C=O) groups is 2. The van der Waals surface area contributed by atoms with E-state index in [1.807, 2.05) is 35.8 Å². The predicted octanol–water partition coefficient (Wildman–Crippen LogP) is 2.65. The summed E-state index contributed by atoms with van der Waals surface area (Å²) in [7, 11) is 0. The van der Waals surface area contributed by atoms with Crippen LogP contribution in [-0.4, -0.2) is 37.6 Å². The van der Waals surface area contributed by atoms with Crippen molar-refractivity contribution in [2.24, 2.45) is 5.92 Å². The number of hydrogen-bond donors (Lipinski definition) is 2. The number of carboxylic acids is 1. The van der Waals surface area contributed by atoms with E-state index < -0.39 is 17.9 Å². The van der Waals surface area contributed by atoms with Crippen LogP contribution in [0.2, 0.25) is 0 Å². The van der Waals surface area contributed by atoms with Gasteiger partial charge < -0.3 is 10.4 Å². The summed E-state index contributed by atoms with van der Waals surface area (Å²) < 4.78 is 1.83. The maximum atomic E-state index is 12.4. The van der Waals surface area contributed by atoms with E-state index in [1.165, 1.54) is 6.20 Å². The average molecular weight is 352 g/mol. The summed E-state index contributed by atoms with van der Waals surface area (Å²) in [6.07, 6.45) is 3.77. The first-order valence-electron chi connectivity index (χ1n) is 8.43. The molecule has 0 aliphatic heterocycles. The highest BCUT2D eigenvalue weighted by Gasteiger charge is 2.25. The van der Waals surface area contributed by atoms with E-state index in [2.05, 4.69) is 15.3 Å². The van der Waals surface area contributed by atoms with E-state index >= 15 is 0 Å². The van der Waals surface area contributed by atoms with Gasteiger partial charge in [-0.1, -0.05) is 32.4 Å². The third kappa shape index (κ3) is 3.42. The molecule has 0 unspecified atom stereocenters. The number of para-hydroxylation sites is 2. The van der Waals surface area contributed by atoms with Crippen LogP contribution in [-0.2, 0) is 4.79 Å². The molecule has 134 valence electrons. The van der Waals surface area contributed by atoms with Crippen molar-refractivity contribution >= 4 is 22.9 Å². The zero-order valence-electron chi connectivity index (χ0n) is 14.6. The number of carbonyl (C=O) groups excluding carboxylic acids is 1. The first-order valence-corrected chi connectivity index (χ1v) is 8.43. The van der Waals surface area contributed by atoms with Crippen molar-refractivity contribution in [3.05, 3.63) is 54.5 Å². The third-order valence-corrected chi connectivity index (χ3v) is 4.48. The minimum atomic E-state index is -1.04. The quantitative estimate of drug-likeness (QED) is 0.711. The zero-order chi connectivity index (χ0) is 18.7. The monoisotopic (exact) mass is 352 g/mol. The molecule has 0 radical (unpaired) electrons. The summed E-state index contributed by atoms with van der Waals surface area (Å²) >= 11 is 0. The van der Waals surface area contributed by atoms with Crippen molar-refractivity contribution in [1.82, 2.24) is 19.9 Å². The average Bonchev–Trinajstić information content (AvgIpc) is 3.09. The topological polar surface area (TPSA) is 97.1 Å². The van der Waals surface area contributed by atoms with Gasteiger partial charge in [0.05, 0.1) is 16.6 Å². The van der Waals surface area contributed by atoms with Gasteiger partial charge in [0.25, 0.3) is 5.91 Å². The number of hydrogen-bond acceptors (Lipinski definition) is 4. The molecule has 2 aromatic heterocycles. The summed E-state index contributed by atoms with van der Waals surface area (Å²) in [6.45, 7) is 3.68. The van der Waals surface area contributed by atoms with Crippen molar-refractivity contribution in [2.75, 3.05) is 0 Å². The number of pyridine rings is 1. The maximum absolute atomic E-state index is 12.4. The molecular formula is C19H20N4O3. The van der Waals surface area contributed by atoms with Crippen LogP contribution >= 0.6 is 0 Å². The zero-order valence-corrected chi connectivity index (χ0v) is 14.6. The standard InChI is InChI=1S/C19H20N4O3/c1-3-12(2)17(19(25)26)22-18(24)13-8-9-16(20-10-13)23-11-21-14-6-4-5-7-15(14)23/h4-12,17H,3H2,1-2H3,(H,22,24)(H,25,26)/t12-,17-/m0/s1. The number of aromatic nitrogens is 3. The number of carboxylic acid groups (broad SMARTS) is 1. The fourth-order valence-electron chi connectivity index (χ4n) is 2.71. The lowest BCUT2D eigenvalue weighted by atomic mass is 9.99. The second-order valence-electron chi connectivity index (χ2n) is 6.18. The molecule has 0 fully saturated rings. The molecule has 3 aromatic rings. The SMILES string of the molecule is CC[C@H](C)[C@H](NC(=O)c1ccc(-n2cnc3ccccc32)nc1)C(=O)O. The van der Waals surface area contributed by atoms with Crippen LogP contribution in [0.4, 0.5) is 0 Å². The fourth-order valence-corrected chi connectivity index (χ4v) is 2.71. The molecule has 7 nitrogen and oxygen atoms in total. The maximum Gasteiger partial charge on any atom is 0.326 e. The molecule has 0 saturated carbocycles. The molecule has 2 atom stereocenters. The van der Waals surface area contributed by atoms with Crippen LogP contribution in [0, 0.1) is 5.92 Å². The number of nitrogens with one attached hydrogen (secondary N) is 1. The van der Waals surface area contributed by atoms with Crippen LogP contribution in [0.5, 0.6) is 0 Å². The number of amides is 1. The van der Waals surface area contributed by atoms with Gasteiger partial charge in [-0.05, 0) is 30.2 Å². The van der Waals surface area contributed by atoms with E-state index in [1.54, 1.807) is 25.4 Å². The molecule has 0 spiro atoms. The Kier molecular flexibility index (Phi) is 4.97. The minimum Gasteiger partial charge on any atom is -0.480 e. The molecule has 2 N–H and O–H groups in total. The second-order valence-corrected chi connectivity index (χ2v) is 6.18. The van der Waals surface area contributed by atoms with Gasteiger partial charge >= 0.3 is 5.97 Å². The van der Waals surface area contributed by atoms with E-state index in [0.717, 1.165) is 11.0 Å². The molecule has 0 bridgehead atoms. The van der Waals surface area contributed by atoms with Gasteiger partial charge in [0.1, 0.15) is 18.2 Å². The number of nitrogens with zero attached hydrogens (tertiary/aromatic N) is 3. The van der Waals surface area contributed by atoms with Gasteiger partial charge in [0.15, 0.2) is 0 Å². The predicted molar refractivity (Wildman–Crippen MR) is 97.2 cm³/mol. The summed E-state index contributed by atoms with van der Waals surface area (Å²) in [6, 6.07) is 10.1. The minimum absolute atomic E-state index is 0.166. The van der Waals surface area contributed by atoms with Crippen molar-refractivity contribution in [3.8, 4) is 5.82 Å². The van der Waals surface area contributed by atoms with Crippen LogP contribution in [0.15, 0.2) is 48.9 Å². The number of aliphatic carboxylic acids is 1. The van der Waals surface area contributed by atoms with Crippen molar-refractivity contribution in [3.63, 3.8) is 0 Å². The van der Waals surface area contributed by atoms with E-state index in [0.29, 0.717) is 17.8 Å². The molecule has 2 heterocycles. The summed E-state index contributed by atoms with van der Waals surface area (Å²) in [5.41, 5.74) is 2.08. The normalized spacial score (nSPS) is 13.3.